The Balaban J connectivity index is 2.34. The minimum absolute atomic E-state index is 0.270. The standard InChI is InChI=1S/C12H19N5O2/c1-3-7-9(13)10(16(2)15-7)12(19)17-6-4-5-8(17)11(14)18/h8H,3-6,13H2,1-2H3,(H2,14,18). The minimum Gasteiger partial charge on any atom is -0.395 e. The number of nitrogens with zero attached hydrogens (tertiary/aromatic N) is 3. The number of aryl methyl sites for hydroxylation is 2. The van der Waals surface area contributed by atoms with Gasteiger partial charge in [-0.05, 0) is 19.3 Å². The van der Waals surface area contributed by atoms with Gasteiger partial charge in [0.05, 0.1) is 11.4 Å². The van der Waals surface area contributed by atoms with Gasteiger partial charge in [-0.2, -0.15) is 5.10 Å². The first kappa shape index (κ1) is 13.4. The van der Waals surface area contributed by atoms with Crippen LogP contribution in [0.5, 0.6) is 0 Å². The number of hydrogen-bond acceptors (Lipinski definition) is 4. The highest BCUT2D eigenvalue weighted by Crippen LogP contribution is 2.24. The first-order valence-corrected chi connectivity index (χ1v) is 6.39. The quantitative estimate of drug-likeness (QED) is 0.779. The van der Waals surface area contributed by atoms with Crippen LogP contribution in [0.2, 0.25) is 0 Å². The molecular weight excluding hydrogens is 246 g/mol. The summed E-state index contributed by atoms with van der Waals surface area (Å²) in [5.74, 6) is -0.740. The molecule has 2 heterocycles. The van der Waals surface area contributed by atoms with Gasteiger partial charge in [-0.15, -0.1) is 0 Å². The van der Waals surface area contributed by atoms with Gasteiger partial charge >= 0.3 is 0 Å². The molecule has 0 aromatic carbocycles. The first-order chi connectivity index (χ1) is 8.97. The number of aromatic nitrogens is 2. The van der Waals surface area contributed by atoms with Crippen molar-refractivity contribution in [3.8, 4) is 0 Å². The van der Waals surface area contributed by atoms with E-state index in [9.17, 15) is 9.59 Å². The highest BCUT2D eigenvalue weighted by atomic mass is 16.2. The van der Waals surface area contributed by atoms with Gasteiger partial charge in [0.25, 0.3) is 5.91 Å². The zero-order valence-electron chi connectivity index (χ0n) is 11.2. The fourth-order valence-corrected chi connectivity index (χ4v) is 2.55. The Morgan fingerprint density at radius 1 is 1.47 bits per heavy atom. The molecule has 4 N–H and O–H groups in total. The van der Waals surface area contributed by atoms with Crippen LogP contribution in [0.25, 0.3) is 0 Å². The monoisotopic (exact) mass is 265 g/mol. The number of rotatable bonds is 3. The lowest BCUT2D eigenvalue weighted by Crippen LogP contribution is -2.44. The number of carbonyl (C=O) groups is 2. The molecule has 1 aliphatic heterocycles. The highest BCUT2D eigenvalue weighted by molar-refractivity contribution is 6.00. The molecule has 0 aliphatic carbocycles. The van der Waals surface area contributed by atoms with Gasteiger partial charge in [-0.1, -0.05) is 6.92 Å². The molecule has 7 nitrogen and oxygen atoms in total. The van der Waals surface area contributed by atoms with Gasteiger partial charge in [0.15, 0.2) is 0 Å². The third-order valence-electron chi connectivity index (χ3n) is 3.54. The van der Waals surface area contributed by atoms with Gasteiger partial charge in [-0.25, -0.2) is 0 Å². The molecular formula is C12H19N5O2. The molecule has 19 heavy (non-hydrogen) atoms. The molecule has 7 heteroatoms. The maximum Gasteiger partial charge on any atom is 0.274 e. The molecule has 0 saturated carbocycles. The van der Waals surface area contributed by atoms with Crippen molar-refractivity contribution in [1.82, 2.24) is 14.7 Å². The maximum absolute atomic E-state index is 12.5. The smallest absolute Gasteiger partial charge is 0.274 e. The Morgan fingerprint density at radius 3 is 2.68 bits per heavy atom. The molecule has 1 aromatic rings. The van der Waals surface area contributed by atoms with Gasteiger partial charge in [0, 0.05) is 13.6 Å². The molecule has 2 rings (SSSR count). The molecule has 1 unspecified atom stereocenters. The Morgan fingerprint density at radius 2 is 2.16 bits per heavy atom. The number of nitrogen functional groups attached to an aromatic ring is 1. The fraction of sp³-hybridized carbons (Fsp3) is 0.583. The van der Waals surface area contributed by atoms with Crippen LogP contribution in [-0.4, -0.2) is 39.1 Å². The number of nitrogens with two attached hydrogens (primary N) is 2. The number of carbonyl (C=O) groups excluding carboxylic acids is 2. The molecule has 104 valence electrons. The number of primary amides is 1. The molecule has 2 amide bonds. The molecule has 1 aliphatic rings. The van der Waals surface area contributed by atoms with Crippen molar-refractivity contribution in [2.75, 3.05) is 12.3 Å². The third-order valence-corrected chi connectivity index (χ3v) is 3.54. The number of hydrogen-bond donors (Lipinski definition) is 2. The van der Waals surface area contributed by atoms with E-state index in [0.717, 1.165) is 6.42 Å². The number of amides is 2. The summed E-state index contributed by atoms with van der Waals surface area (Å²) in [6, 6.07) is -0.535. The second kappa shape index (κ2) is 4.91. The molecule has 0 bridgehead atoms. The average Bonchev–Trinajstić information content (AvgIpc) is 2.93. The zero-order chi connectivity index (χ0) is 14.2. The first-order valence-electron chi connectivity index (χ1n) is 6.39. The van der Waals surface area contributed by atoms with Crippen molar-refractivity contribution >= 4 is 17.5 Å². The summed E-state index contributed by atoms with van der Waals surface area (Å²) in [5.41, 5.74) is 12.7. The van der Waals surface area contributed by atoms with Gasteiger partial charge < -0.3 is 16.4 Å². The van der Waals surface area contributed by atoms with Crippen molar-refractivity contribution in [1.29, 1.82) is 0 Å². The third kappa shape index (κ3) is 2.16. The predicted molar refractivity (Wildman–Crippen MR) is 70.3 cm³/mol. The van der Waals surface area contributed by atoms with E-state index in [2.05, 4.69) is 5.10 Å². The lowest BCUT2D eigenvalue weighted by molar-refractivity contribution is -0.121. The van der Waals surface area contributed by atoms with Gasteiger partial charge in [0.2, 0.25) is 5.91 Å². The highest BCUT2D eigenvalue weighted by Gasteiger charge is 2.35. The maximum atomic E-state index is 12.5. The van der Waals surface area contributed by atoms with Crippen LogP contribution < -0.4 is 11.5 Å². The number of anilines is 1. The van der Waals surface area contributed by atoms with Crippen LogP contribution in [0.15, 0.2) is 0 Å². The van der Waals surface area contributed by atoms with Gasteiger partial charge in [0.1, 0.15) is 11.7 Å². The summed E-state index contributed by atoms with van der Waals surface area (Å²) in [4.78, 5) is 25.4. The van der Waals surface area contributed by atoms with Crippen molar-refractivity contribution in [2.45, 2.75) is 32.2 Å². The lowest BCUT2D eigenvalue weighted by Gasteiger charge is -2.22. The van der Waals surface area contributed by atoms with Crippen LogP contribution in [0.4, 0.5) is 5.69 Å². The van der Waals surface area contributed by atoms with Crippen LogP contribution >= 0.6 is 0 Å². The van der Waals surface area contributed by atoms with Crippen LogP contribution in [-0.2, 0) is 18.3 Å². The Bertz CT molecular complexity index is 522. The topological polar surface area (TPSA) is 107 Å². The molecule has 0 radical (unpaired) electrons. The summed E-state index contributed by atoms with van der Waals surface area (Å²) in [7, 11) is 1.68. The summed E-state index contributed by atoms with van der Waals surface area (Å²) in [6.07, 6.45) is 2.05. The van der Waals surface area contributed by atoms with E-state index in [1.165, 1.54) is 9.58 Å². The van der Waals surface area contributed by atoms with Crippen LogP contribution in [0.3, 0.4) is 0 Å². The molecule has 1 saturated heterocycles. The molecule has 1 atom stereocenters. The summed E-state index contributed by atoms with van der Waals surface area (Å²) in [5, 5.41) is 4.22. The zero-order valence-corrected chi connectivity index (χ0v) is 11.2. The fourth-order valence-electron chi connectivity index (χ4n) is 2.55. The summed E-state index contributed by atoms with van der Waals surface area (Å²) < 4.78 is 1.48. The van der Waals surface area contributed by atoms with Crippen molar-refractivity contribution in [3.05, 3.63) is 11.4 Å². The van der Waals surface area contributed by atoms with Crippen molar-refractivity contribution in [3.63, 3.8) is 0 Å². The second-order valence-electron chi connectivity index (χ2n) is 4.75. The average molecular weight is 265 g/mol. The van der Waals surface area contributed by atoms with E-state index < -0.39 is 11.9 Å². The van der Waals surface area contributed by atoms with E-state index >= 15 is 0 Å². The van der Waals surface area contributed by atoms with E-state index in [1.807, 2.05) is 6.92 Å². The molecule has 1 fully saturated rings. The molecule has 0 spiro atoms. The second-order valence-corrected chi connectivity index (χ2v) is 4.75. The SMILES string of the molecule is CCc1nn(C)c(C(=O)N2CCCC2C(N)=O)c1N. The van der Waals surface area contributed by atoms with E-state index in [-0.39, 0.29) is 5.91 Å². The Kier molecular flexibility index (Phi) is 3.46. The predicted octanol–water partition coefficient (Wildman–Crippen LogP) is -0.345. The Labute approximate surface area is 111 Å². The lowest BCUT2D eigenvalue weighted by atomic mass is 10.2. The van der Waals surface area contributed by atoms with Crippen LogP contribution in [0, 0.1) is 0 Å². The largest absolute Gasteiger partial charge is 0.395 e. The van der Waals surface area contributed by atoms with E-state index in [4.69, 9.17) is 11.5 Å². The Hall–Kier alpha value is -2.05. The van der Waals surface area contributed by atoms with Crippen LogP contribution in [0.1, 0.15) is 35.9 Å². The normalized spacial score (nSPS) is 18.8. The van der Waals surface area contributed by atoms with E-state index in [1.54, 1.807) is 7.05 Å². The minimum atomic E-state index is -0.535. The van der Waals surface area contributed by atoms with Gasteiger partial charge in [-0.3, -0.25) is 14.3 Å². The van der Waals surface area contributed by atoms with Crippen molar-refractivity contribution < 1.29 is 9.59 Å². The summed E-state index contributed by atoms with van der Waals surface area (Å²) in [6.45, 7) is 2.45. The van der Waals surface area contributed by atoms with Crippen molar-refractivity contribution in [2.24, 2.45) is 12.8 Å². The van der Waals surface area contributed by atoms with E-state index in [0.29, 0.717) is 36.5 Å². The number of likely N-dealkylation sites (tertiary alicyclic amines) is 1. The summed E-state index contributed by atoms with van der Waals surface area (Å²) >= 11 is 0. The molecule has 1 aromatic heterocycles.